The van der Waals surface area contributed by atoms with Gasteiger partial charge in [0, 0.05) is 35.5 Å². The molecule has 128 valence electrons. The summed E-state index contributed by atoms with van der Waals surface area (Å²) in [6.07, 6.45) is 1.92. The van der Waals surface area contributed by atoms with E-state index in [9.17, 15) is 14.4 Å². The van der Waals surface area contributed by atoms with Crippen molar-refractivity contribution < 1.29 is 14.4 Å². The number of benzene rings is 2. The summed E-state index contributed by atoms with van der Waals surface area (Å²) in [6.45, 7) is 1.43. The van der Waals surface area contributed by atoms with E-state index in [4.69, 9.17) is 0 Å². The van der Waals surface area contributed by atoms with Gasteiger partial charge in [0.2, 0.25) is 11.8 Å². The van der Waals surface area contributed by atoms with Crippen molar-refractivity contribution in [2.75, 3.05) is 16.0 Å². The van der Waals surface area contributed by atoms with Crippen molar-refractivity contribution in [3.63, 3.8) is 0 Å². The second-order valence-electron chi connectivity index (χ2n) is 6.05. The molecule has 1 fully saturated rings. The first-order chi connectivity index (χ1) is 12.0. The van der Waals surface area contributed by atoms with Crippen molar-refractivity contribution in [2.45, 2.75) is 19.8 Å². The fourth-order valence-electron chi connectivity index (χ4n) is 2.34. The Morgan fingerprint density at radius 2 is 1.24 bits per heavy atom. The normalized spacial score (nSPS) is 13.0. The van der Waals surface area contributed by atoms with Crippen molar-refractivity contribution in [3.8, 4) is 0 Å². The molecule has 0 aromatic heterocycles. The number of hydrogen-bond donors (Lipinski definition) is 3. The summed E-state index contributed by atoms with van der Waals surface area (Å²) >= 11 is 0. The van der Waals surface area contributed by atoms with Gasteiger partial charge in [0.1, 0.15) is 0 Å². The van der Waals surface area contributed by atoms with Crippen LogP contribution in [0.15, 0.2) is 48.5 Å². The summed E-state index contributed by atoms with van der Waals surface area (Å²) < 4.78 is 0. The maximum absolute atomic E-state index is 12.2. The lowest BCUT2D eigenvalue weighted by Gasteiger charge is -2.08. The summed E-state index contributed by atoms with van der Waals surface area (Å²) in [4.78, 5) is 34.9. The summed E-state index contributed by atoms with van der Waals surface area (Å²) in [6, 6.07) is 13.6. The molecule has 25 heavy (non-hydrogen) atoms. The molecule has 3 rings (SSSR count). The Bertz CT molecular complexity index is 794. The van der Waals surface area contributed by atoms with E-state index >= 15 is 0 Å². The summed E-state index contributed by atoms with van der Waals surface area (Å²) in [5.74, 6) is -0.203. The van der Waals surface area contributed by atoms with Crippen molar-refractivity contribution in [1.29, 1.82) is 0 Å². The van der Waals surface area contributed by atoms with E-state index in [1.165, 1.54) is 6.92 Å². The average molecular weight is 337 g/mol. The van der Waals surface area contributed by atoms with Crippen LogP contribution in [-0.4, -0.2) is 17.7 Å². The smallest absolute Gasteiger partial charge is 0.255 e. The van der Waals surface area contributed by atoms with E-state index in [0.717, 1.165) is 18.5 Å². The molecule has 1 saturated carbocycles. The Hall–Kier alpha value is -3.15. The van der Waals surface area contributed by atoms with Gasteiger partial charge in [-0.25, -0.2) is 0 Å². The van der Waals surface area contributed by atoms with E-state index in [1.54, 1.807) is 48.5 Å². The number of nitrogens with one attached hydrogen (secondary N) is 3. The van der Waals surface area contributed by atoms with Crippen LogP contribution in [0.5, 0.6) is 0 Å². The molecule has 3 N–H and O–H groups in total. The summed E-state index contributed by atoms with van der Waals surface area (Å²) in [5, 5.41) is 8.30. The Kier molecular flexibility index (Phi) is 4.79. The number of carbonyl (C=O) groups is 3. The Morgan fingerprint density at radius 3 is 1.76 bits per heavy atom. The summed E-state index contributed by atoms with van der Waals surface area (Å²) in [5.41, 5.74) is 2.48. The predicted octanol–water partition coefficient (Wildman–Crippen LogP) is 3.25. The Labute approximate surface area is 145 Å². The Balaban J connectivity index is 1.58. The maximum atomic E-state index is 12.2. The third-order valence-electron chi connectivity index (χ3n) is 3.83. The molecule has 0 unspecified atom stereocenters. The molecular weight excluding hydrogens is 318 g/mol. The van der Waals surface area contributed by atoms with Gasteiger partial charge in [0.15, 0.2) is 0 Å². The van der Waals surface area contributed by atoms with Crippen LogP contribution in [0.4, 0.5) is 17.1 Å². The molecule has 0 saturated heterocycles. The van der Waals surface area contributed by atoms with Gasteiger partial charge in [-0.3, -0.25) is 14.4 Å². The molecule has 0 bridgehead atoms. The van der Waals surface area contributed by atoms with Crippen LogP contribution in [-0.2, 0) is 9.59 Å². The topological polar surface area (TPSA) is 87.3 Å². The van der Waals surface area contributed by atoms with Crippen molar-refractivity contribution in [3.05, 3.63) is 54.1 Å². The first-order valence-electron chi connectivity index (χ1n) is 8.11. The second kappa shape index (κ2) is 7.17. The van der Waals surface area contributed by atoms with Crippen molar-refractivity contribution in [2.24, 2.45) is 5.92 Å². The van der Waals surface area contributed by atoms with Crippen LogP contribution in [0, 0.1) is 5.92 Å². The molecule has 0 heterocycles. The van der Waals surface area contributed by atoms with E-state index in [-0.39, 0.29) is 23.6 Å². The molecule has 0 aliphatic heterocycles. The SMILES string of the molecule is CC(=O)Nc1ccc(C(=O)Nc2ccc(NC(=O)C3CC3)cc2)cc1. The first-order valence-corrected chi connectivity index (χ1v) is 8.11. The van der Waals surface area contributed by atoms with E-state index in [2.05, 4.69) is 16.0 Å². The fourth-order valence-corrected chi connectivity index (χ4v) is 2.34. The molecule has 2 aromatic carbocycles. The minimum absolute atomic E-state index is 0.0519. The fraction of sp³-hybridized carbons (Fsp3) is 0.211. The zero-order valence-electron chi connectivity index (χ0n) is 13.8. The Morgan fingerprint density at radius 1 is 0.760 bits per heavy atom. The molecule has 0 radical (unpaired) electrons. The third-order valence-corrected chi connectivity index (χ3v) is 3.83. The molecule has 6 heteroatoms. The van der Waals surface area contributed by atoms with Gasteiger partial charge in [0.25, 0.3) is 5.91 Å². The van der Waals surface area contributed by atoms with Crippen molar-refractivity contribution in [1.82, 2.24) is 0 Å². The van der Waals surface area contributed by atoms with Crippen LogP contribution in [0.25, 0.3) is 0 Å². The molecule has 0 spiro atoms. The number of amides is 3. The highest BCUT2D eigenvalue weighted by Crippen LogP contribution is 2.30. The lowest BCUT2D eigenvalue weighted by molar-refractivity contribution is -0.117. The minimum Gasteiger partial charge on any atom is -0.326 e. The molecular formula is C19H19N3O3. The average Bonchev–Trinajstić information content (AvgIpc) is 3.42. The zero-order valence-corrected chi connectivity index (χ0v) is 13.8. The molecule has 0 atom stereocenters. The van der Waals surface area contributed by atoms with Crippen LogP contribution < -0.4 is 16.0 Å². The standard InChI is InChI=1S/C19H19N3O3/c1-12(23)20-15-6-4-14(5-7-15)19(25)22-17-10-8-16(9-11-17)21-18(24)13-2-3-13/h4-11,13H,2-3H2,1H3,(H,20,23)(H,21,24)(H,22,25). The van der Waals surface area contributed by atoms with E-state index < -0.39 is 0 Å². The van der Waals surface area contributed by atoms with Crippen LogP contribution in [0.2, 0.25) is 0 Å². The van der Waals surface area contributed by atoms with E-state index in [1.807, 2.05) is 0 Å². The molecule has 3 amide bonds. The van der Waals surface area contributed by atoms with Gasteiger partial charge in [-0.1, -0.05) is 0 Å². The van der Waals surface area contributed by atoms with Crippen LogP contribution in [0.3, 0.4) is 0 Å². The van der Waals surface area contributed by atoms with Gasteiger partial charge in [-0.2, -0.15) is 0 Å². The zero-order chi connectivity index (χ0) is 17.8. The molecule has 2 aromatic rings. The van der Waals surface area contributed by atoms with Gasteiger partial charge in [0.05, 0.1) is 0 Å². The highest BCUT2D eigenvalue weighted by molar-refractivity contribution is 6.04. The predicted molar refractivity (Wildman–Crippen MR) is 96.5 cm³/mol. The van der Waals surface area contributed by atoms with Gasteiger partial charge in [-0.15, -0.1) is 0 Å². The van der Waals surface area contributed by atoms with Gasteiger partial charge in [-0.05, 0) is 61.4 Å². The minimum atomic E-state index is -0.246. The maximum Gasteiger partial charge on any atom is 0.255 e. The lowest BCUT2D eigenvalue weighted by atomic mass is 10.2. The van der Waals surface area contributed by atoms with Crippen LogP contribution >= 0.6 is 0 Å². The lowest BCUT2D eigenvalue weighted by Crippen LogP contribution is -2.14. The highest BCUT2D eigenvalue weighted by atomic mass is 16.2. The molecule has 1 aliphatic carbocycles. The number of rotatable bonds is 5. The van der Waals surface area contributed by atoms with Gasteiger partial charge >= 0.3 is 0 Å². The molecule has 1 aliphatic rings. The quantitative estimate of drug-likeness (QED) is 0.782. The largest absolute Gasteiger partial charge is 0.326 e. The monoisotopic (exact) mass is 337 g/mol. The third kappa shape index (κ3) is 4.67. The van der Waals surface area contributed by atoms with Gasteiger partial charge < -0.3 is 16.0 Å². The van der Waals surface area contributed by atoms with Crippen LogP contribution in [0.1, 0.15) is 30.1 Å². The second-order valence-corrected chi connectivity index (χ2v) is 6.05. The highest BCUT2D eigenvalue weighted by Gasteiger charge is 2.29. The van der Waals surface area contributed by atoms with Crippen molar-refractivity contribution >= 4 is 34.8 Å². The molecule has 6 nitrogen and oxygen atoms in total. The number of hydrogen-bond acceptors (Lipinski definition) is 3. The van der Waals surface area contributed by atoms with E-state index in [0.29, 0.717) is 16.9 Å². The number of carbonyl (C=O) groups excluding carboxylic acids is 3. The summed E-state index contributed by atoms with van der Waals surface area (Å²) in [7, 11) is 0. The number of anilines is 3. The first kappa shape index (κ1) is 16.7.